The van der Waals surface area contributed by atoms with Crippen LogP contribution < -0.4 is 11.1 Å². The molecule has 0 aromatic carbocycles. The van der Waals surface area contributed by atoms with Crippen LogP contribution >= 0.6 is 12.4 Å². The van der Waals surface area contributed by atoms with Crippen LogP contribution in [0.4, 0.5) is 0 Å². The molecule has 0 amide bonds. The highest BCUT2D eigenvalue weighted by molar-refractivity contribution is 5.85. The zero-order chi connectivity index (χ0) is 6.57. The normalized spacial score (nSPS) is 11.3. The van der Waals surface area contributed by atoms with Gasteiger partial charge in [0.25, 0.3) is 0 Å². The van der Waals surface area contributed by atoms with Gasteiger partial charge in [0, 0.05) is 6.04 Å². The monoisotopic (exact) mass is 151 g/mol. The number of nitrogens with one attached hydrogen (secondary N) is 2. The maximum Gasteiger partial charge on any atom is 0.185 e. The largest absolute Gasteiger partial charge is 0.370 e. The Morgan fingerprint density at radius 2 is 2.22 bits per heavy atom. The molecule has 3 nitrogen and oxygen atoms in total. The van der Waals surface area contributed by atoms with Crippen molar-refractivity contribution in [2.45, 2.75) is 26.3 Å². The quantitative estimate of drug-likeness (QED) is 0.402. The minimum absolute atomic E-state index is 0. The second-order valence-corrected chi connectivity index (χ2v) is 1.87. The lowest BCUT2D eigenvalue weighted by Crippen LogP contribution is -2.36. The fourth-order valence-electron chi connectivity index (χ4n) is 0.368. The molecule has 0 bridgehead atoms. The van der Waals surface area contributed by atoms with Gasteiger partial charge in [-0.1, -0.05) is 6.92 Å². The van der Waals surface area contributed by atoms with E-state index in [1.807, 2.05) is 13.8 Å². The molecule has 0 fully saturated rings. The summed E-state index contributed by atoms with van der Waals surface area (Å²) in [6.45, 7) is 4.03. The van der Waals surface area contributed by atoms with Crippen LogP contribution in [0.2, 0.25) is 0 Å². The van der Waals surface area contributed by atoms with E-state index in [1.165, 1.54) is 0 Å². The highest BCUT2D eigenvalue weighted by atomic mass is 35.5. The van der Waals surface area contributed by atoms with Gasteiger partial charge in [-0.05, 0) is 13.3 Å². The molecule has 9 heavy (non-hydrogen) atoms. The van der Waals surface area contributed by atoms with Crippen LogP contribution in [0.3, 0.4) is 0 Å². The molecule has 0 heterocycles. The first-order valence-corrected chi connectivity index (χ1v) is 2.77. The lowest BCUT2D eigenvalue weighted by atomic mass is 10.3. The molecule has 1 atom stereocenters. The van der Waals surface area contributed by atoms with Crippen molar-refractivity contribution in [1.29, 1.82) is 5.41 Å². The minimum Gasteiger partial charge on any atom is -0.370 e. The Hall–Kier alpha value is -0.440. The number of hydrogen-bond acceptors (Lipinski definition) is 1. The van der Waals surface area contributed by atoms with E-state index in [-0.39, 0.29) is 18.4 Å². The molecule has 4 N–H and O–H groups in total. The molecule has 0 aliphatic carbocycles. The molecule has 0 aromatic heterocycles. The standard InChI is InChI=1S/C5H13N3.ClH/c1-3-4(2)8-5(6)7;/h4H,3H2,1-2H3,(H4,6,7,8);1H. The number of hydrogen-bond donors (Lipinski definition) is 3. The van der Waals surface area contributed by atoms with Crippen molar-refractivity contribution in [2.75, 3.05) is 0 Å². The van der Waals surface area contributed by atoms with E-state index in [9.17, 15) is 0 Å². The van der Waals surface area contributed by atoms with Gasteiger partial charge < -0.3 is 11.1 Å². The number of halogens is 1. The topological polar surface area (TPSA) is 61.9 Å². The lowest BCUT2D eigenvalue weighted by molar-refractivity contribution is 0.637. The highest BCUT2D eigenvalue weighted by Crippen LogP contribution is 1.84. The van der Waals surface area contributed by atoms with Crippen molar-refractivity contribution in [1.82, 2.24) is 5.32 Å². The van der Waals surface area contributed by atoms with Crippen molar-refractivity contribution in [3.8, 4) is 0 Å². The first-order valence-electron chi connectivity index (χ1n) is 2.77. The van der Waals surface area contributed by atoms with Crippen molar-refractivity contribution >= 4 is 18.4 Å². The van der Waals surface area contributed by atoms with Gasteiger partial charge in [-0.3, -0.25) is 5.41 Å². The summed E-state index contributed by atoms with van der Waals surface area (Å²) in [6.07, 6.45) is 1.000. The molecule has 0 aliphatic rings. The van der Waals surface area contributed by atoms with Gasteiger partial charge in [0.15, 0.2) is 5.96 Å². The second-order valence-electron chi connectivity index (χ2n) is 1.87. The number of rotatable bonds is 2. The van der Waals surface area contributed by atoms with E-state index < -0.39 is 0 Å². The predicted octanol–water partition coefficient (Wildman–Crippen LogP) is 0.690. The Morgan fingerprint density at radius 3 is 2.33 bits per heavy atom. The third kappa shape index (κ3) is 7.56. The van der Waals surface area contributed by atoms with Crippen molar-refractivity contribution in [3.63, 3.8) is 0 Å². The molecule has 4 heteroatoms. The summed E-state index contributed by atoms with van der Waals surface area (Å²) < 4.78 is 0. The second kappa shape index (κ2) is 5.69. The van der Waals surface area contributed by atoms with E-state index in [2.05, 4.69) is 5.32 Å². The van der Waals surface area contributed by atoms with Crippen molar-refractivity contribution in [3.05, 3.63) is 0 Å². The third-order valence-corrected chi connectivity index (χ3v) is 1.01. The minimum atomic E-state index is 0. The van der Waals surface area contributed by atoms with Crippen LogP contribution in [0.5, 0.6) is 0 Å². The zero-order valence-corrected chi connectivity index (χ0v) is 6.59. The van der Waals surface area contributed by atoms with Gasteiger partial charge in [-0.15, -0.1) is 12.4 Å². The molecule has 0 saturated carbocycles. The Labute approximate surface area is 61.9 Å². The summed E-state index contributed by atoms with van der Waals surface area (Å²) in [5.74, 6) is 0.0550. The van der Waals surface area contributed by atoms with Gasteiger partial charge in [0.05, 0.1) is 0 Å². The molecule has 0 radical (unpaired) electrons. The fourth-order valence-corrected chi connectivity index (χ4v) is 0.368. The molecular formula is C5H14ClN3. The SMILES string of the molecule is CCC(C)NC(=N)N.Cl. The first kappa shape index (κ1) is 11.4. The molecule has 0 rings (SSSR count). The van der Waals surface area contributed by atoms with E-state index in [1.54, 1.807) is 0 Å². The smallest absolute Gasteiger partial charge is 0.185 e. The maximum atomic E-state index is 6.79. The van der Waals surface area contributed by atoms with Crippen molar-refractivity contribution < 1.29 is 0 Å². The van der Waals surface area contributed by atoms with Gasteiger partial charge in [0.2, 0.25) is 0 Å². The van der Waals surface area contributed by atoms with E-state index in [0.717, 1.165) is 6.42 Å². The average molecular weight is 152 g/mol. The summed E-state index contributed by atoms with van der Waals surface area (Å²) in [7, 11) is 0. The van der Waals surface area contributed by atoms with Crippen LogP contribution in [-0.4, -0.2) is 12.0 Å². The zero-order valence-electron chi connectivity index (χ0n) is 5.77. The summed E-state index contributed by atoms with van der Waals surface area (Å²) >= 11 is 0. The Bertz CT molecular complexity index is 84.3. The molecule has 56 valence electrons. The molecule has 0 saturated heterocycles. The fraction of sp³-hybridized carbons (Fsp3) is 0.800. The summed E-state index contributed by atoms with van der Waals surface area (Å²) in [6, 6.07) is 0.326. The van der Waals surface area contributed by atoms with Crippen LogP contribution in [0.15, 0.2) is 0 Å². The molecular weight excluding hydrogens is 138 g/mol. The van der Waals surface area contributed by atoms with Crippen LogP contribution in [-0.2, 0) is 0 Å². The molecule has 0 aliphatic heterocycles. The number of nitrogens with two attached hydrogens (primary N) is 1. The maximum absolute atomic E-state index is 6.79. The van der Waals surface area contributed by atoms with E-state index >= 15 is 0 Å². The molecule has 1 unspecified atom stereocenters. The molecule has 0 aromatic rings. The van der Waals surface area contributed by atoms with Crippen LogP contribution in [0.25, 0.3) is 0 Å². The summed E-state index contributed by atoms with van der Waals surface area (Å²) in [4.78, 5) is 0. The molecule has 0 spiro atoms. The van der Waals surface area contributed by atoms with Crippen LogP contribution in [0, 0.1) is 5.41 Å². The Morgan fingerprint density at radius 1 is 1.78 bits per heavy atom. The van der Waals surface area contributed by atoms with Gasteiger partial charge >= 0.3 is 0 Å². The average Bonchev–Trinajstić information content (AvgIpc) is 1.65. The highest BCUT2D eigenvalue weighted by Gasteiger charge is 1.94. The van der Waals surface area contributed by atoms with Gasteiger partial charge in [0.1, 0.15) is 0 Å². The van der Waals surface area contributed by atoms with E-state index in [0.29, 0.717) is 6.04 Å². The van der Waals surface area contributed by atoms with Gasteiger partial charge in [-0.2, -0.15) is 0 Å². The summed E-state index contributed by atoms with van der Waals surface area (Å²) in [5.41, 5.74) is 5.04. The van der Waals surface area contributed by atoms with E-state index in [4.69, 9.17) is 11.1 Å². The number of guanidine groups is 1. The first-order chi connectivity index (χ1) is 3.66. The third-order valence-electron chi connectivity index (χ3n) is 1.01. The van der Waals surface area contributed by atoms with Crippen molar-refractivity contribution in [2.24, 2.45) is 5.73 Å². The Kier molecular flexibility index (Phi) is 7.19. The summed E-state index contributed by atoms with van der Waals surface area (Å²) in [5, 5.41) is 9.55. The lowest BCUT2D eigenvalue weighted by Gasteiger charge is -2.08. The Balaban J connectivity index is 0. The predicted molar refractivity (Wildman–Crippen MR) is 42.1 cm³/mol. The van der Waals surface area contributed by atoms with Gasteiger partial charge in [-0.25, -0.2) is 0 Å². The van der Waals surface area contributed by atoms with Crippen LogP contribution in [0.1, 0.15) is 20.3 Å².